The molecule has 3 rings (SSSR count). The molecule has 0 fully saturated rings. The summed E-state index contributed by atoms with van der Waals surface area (Å²) >= 11 is 0. The van der Waals surface area contributed by atoms with Gasteiger partial charge < -0.3 is 10.2 Å². The van der Waals surface area contributed by atoms with Gasteiger partial charge in [-0.25, -0.2) is 19.3 Å². The first-order chi connectivity index (χ1) is 9.63. The molecule has 0 aliphatic carbocycles. The van der Waals surface area contributed by atoms with Crippen molar-refractivity contribution in [1.29, 1.82) is 0 Å². The second-order valence-corrected chi connectivity index (χ2v) is 4.24. The third-order valence-corrected chi connectivity index (χ3v) is 2.79. The monoisotopic (exact) mass is 270 g/mol. The summed E-state index contributed by atoms with van der Waals surface area (Å²) in [6, 6.07) is 7.63. The molecule has 2 N–H and O–H groups in total. The molecule has 1 aromatic carbocycles. The smallest absolute Gasteiger partial charge is 0.227 e. The lowest BCUT2D eigenvalue weighted by atomic mass is 10.2. The SMILES string of the molecule is Cc1nc(-c2ccc(F)cc2)oc1-c1ccnc(N)n1. The predicted octanol–water partition coefficient (Wildman–Crippen LogP) is 2.83. The molecular weight excluding hydrogens is 259 g/mol. The first-order valence-corrected chi connectivity index (χ1v) is 5.96. The van der Waals surface area contributed by atoms with Crippen LogP contribution in [-0.4, -0.2) is 15.0 Å². The van der Waals surface area contributed by atoms with Gasteiger partial charge in [-0.2, -0.15) is 0 Å². The summed E-state index contributed by atoms with van der Waals surface area (Å²) in [5, 5.41) is 0. The summed E-state index contributed by atoms with van der Waals surface area (Å²) in [5.41, 5.74) is 7.50. The van der Waals surface area contributed by atoms with Crippen LogP contribution in [0.5, 0.6) is 0 Å². The molecule has 0 atom stereocenters. The number of nitrogen functional groups attached to an aromatic ring is 1. The molecule has 0 amide bonds. The lowest BCUT2D eigenvalue weighted by Gasteiger charge is -1.97. The number of oxazole rings is 1. The molecule has 0 saturated carbocycles. The van der Waals surface area contributed by atoms with Gasteiger partial charge in [0.15, 0.2) is 5.76 Å². The summed E-state index contributed by atoms with van der Waals surface area (Å²) in [7, 11) is 0. The van der Waals surface area contributed by atoms with Crippen LogP contribution < -0.4 is 5.73 Å². The Kier molecular flexibility index (Phi) is 2.90. The molecule has 0 unspecified atom stereocenters. The van der Waals surface area contributed by atoms with Gasteiger partial charge >= 0.3 is 0 Å². The predicted molar refractivity (Wildman–Crippen MR) is 72.1 cm³/mol. The fourth-order valence-corrected chi connectivity index (χ4v) is 1.85. The van der Waals surface area contributed by atoms with E-state index in [4.69, 9.17) is 10.2 Å². The van der Waals surface area contributed by atoms with Crippen LogP contribution in [0, 0.1) is 12.7 Å². The molecule has 0 aliphatic rings. The Bertz CT molecular complexity index is 752. The van der Waals surface area contributed by atoms with Gasteiger partial charge in [0, 0.05) is 11.8 Å². The zero-order valence-corrected chi connectivity index (χ0v) is 10.7. The summed E-state index contributed by atoms with van der Waals surface area (Å²) in [5.74, 6) is 0.801. The minimum absolute atomic E-state index is 0.168. The number of halogens is 1. The minimum Gasteiger partial charge on any atom is -0.434 e. The fourth-order valence-electron chi connectivity index (χ4n) is 1.85. The Morgan fingerprint density at radius 1 is 1.10 bits per heavy atom. The van der Waals surface area contributed by atoms with E-state index in [0.717, 1.165) is 0 Å². The van der Waals surface area contributed by atoms with E-state index in [1.54, 1.807) is 24.4 Å². The van der Waals surface area contributed by atoms with Crippen molar-refractivity contribution in [3.8, 4) is 22.9 Å². The Labute approximate surface area is 114 Å². The molecule has 2 heterocycles. The van der Waals surface area contributed by atoms with Gasteiger partial charge in [-0.1, -0.05) is 0 Å². The number of benzene rings is 1. The Morgan fingerprint density at radius 3 is 2.55 bits per heavy atom. The molecule has 0 spiro atoms. The van der Waals surface area contributed by atoms with E-state index < -0.39 is 0 Å². The summed E-state index contributed by atoms with van der Waals surface area (Å²) in [4.78, 5) is 12.3. The van der Waals surface area contributed by atoms with Crippen molar-refractivity contribution in [3.05, 3.63) is 48.0 Å². The van der Waals surface area contributed by atoms with E-state index in [2.05, 4.69) is 15.0 Å². The van der Waals surface area contributed by atoms with Crippen LogP contribution in [0.25, 0.3) is 22.9 Å². The molecule has 6 heteroatoms. The van der Waals surface area contributed by atoms with Crippen molar-refractivity contribution in [3.63, 3.8) is 0 Å². The van der Waals surface area contributed by atoms with Crippen molar-refractivity contribution < 1.29 is 8.81 Å². The second-order valence-electron chi connectivity index (χ2n) is 4.24. The number of hydrogen-bond acceptors (Lipinski definition) is 5. The largest absolute Gasteiger partial charge is 0.434 e. The maximum absolute atomic E-state index is 12.9. The highest BCUT2D eigenvalue weighted by atomic mass is 19.1. The summed E-state index contributed by atoms with van der Waals surface area (Å²) < 4.78 is 18.6. The van der Waals surface area contributed by atoms with Gasteiger partial charge in [0.25, 0.3) is 0 Å². The van der Waals surface area contributed by atoms with Gasteiger partial charge in [0.2, 0.25) is 11.8 Å². The van der Waals surface area contributed by atoms with Crippen molar-refractivity contribution >= 4 is 5.95 Å². The van der Waals surface area contributed by atoms with E-state index in [1.807, 2.05) is 6.92 Å². The van der Waals surface area contributed by atoms with E-state index in [-0.39, 0.29) is 11.8 Å². The summed E-state index contributed by atoms with van der Waals surface area (Å²) in [6.45, 7) is 1.81. The maximum Gasteiger partial charge on any atom is 0.227 e. The maximum atomic E-state index is 12.9. The average molecular weight is 270 g/mol. The van der Waals surface area contributed by atoms with E-state index in [9.17, 15) is 4.39 Å². The Balaban J connectivity index is 2.05. The third kappa shape index (κ3) is 2.23. The molecule has 0 radical (unpaired) electrons. The van der Waals surface area contributed by atoms with Crippen LogP contribution >= 0.6 is 0 Å². The lowest BCUT2D eigenvalue weighted by Crippen LogP contribution is -1.95. The van der Waals surface area contributed by atoms with Crippen molar-refractivity contribution in [2.24, 2.45) is 0 Å². The molecule has 5 nitrogen and oxygen atoms in total. The molecule has 0 bridgehead atoms. The van der Waals surface area contributed by atoms with Gasteiger partial charge in [-0.15, -0.1) is 0 Å². The van der Waals surface area contributed by atoms with Crippen LogP contribution in [0.15, 0.2) is 40.9 Å². The molecular formula is C14H11FN4O. The van der Waals surface area contributed by atoms with Gasteiger partial charge in [0.1, 0.15) is 11.5 Å². The first-order valence-electron chi connectivity index (χ1n) is 5.96. The standard InChI is InChI=1S/C14H11FN4O/c1-8-12(11-6-7-17-14(16)19-11)20-13(18-8)9-2-4-10(15)5-3-9/h2-7H,1H3,(H2,16,17,19). The number of hydrogen-bond donors (Lipinski definition) is 1. The van der Waals surface area contributed by atoms with Gasteiger partial charge in [-0.05, 0) is 37.3 Å². The van der Waals surface area contributed by atoms with Crippen LogP contribution in [0.2, 0.25) is 0 Å². The van der Waals surface area contributed by atoms with Crippen LogP contribution in [-0.2, 0) is 0 Å². The average Bonchev–Trinajstić information content (AvgIpc) is 2.82. The minimum atomic E-state index is -0.305. The highest BCUT2D eigenvalue weighted by molar-refractivity contribution is 5.61. The number of anilines is 1. The molecule has 100 valence electrons. The zero-order chi connectivity index (χ0) is 14.1. The number of rotatable bonds is 2. The van der Waals surface area contributed by atoms with E-state index in [1.165, 1.54) is 12.1 Å². The van der Waals surface area contributed by atoms with Gasteiger partial charge in [0.05, 0.1) is 5.69 Å². The third-order valence-electron chi connectivity index (χ3n) is 2.79. The number of nitrogens with two attached hydrogens (primary N) is 1. The number of aryl methyl sites for hydroxylation is 1. The topological polar surface area (TPSA) is 77.8 Å². The van der Waals surface area contributed by atoms with Crippen LogP contribution in [0.3, 0.4) is 0 Å². The van der Waals surface area contributed by atoms with Crippen LogP contribution in [0.4, 0.5) is 10.3 Å². The molecule has 2 aromatic heterocycles. The number of nitrogens with zero attached hydrogens (tertiary/aromatic N) is 3. The van der Waals surface area contributed by atoms with E-state index >= 15 is 0 Å². The Hall–Kier alpha value is -2.76. The molecule has 3 aromatic rings. The second kappa shape index (κ2) is 4.73. The van der Waals surface area contributed by atoms with Crippen molar-refractivity contribution in [1.82, 2.24) is 15.0 Å². The zero-order valence-electron chi connectivity index (χ0n) is 10.7. The van der Waals surface area contributed by atoms with Crippen LogP contribution in [0.1, 0.15) is 5.69 Å². The molecule has 0 saturated heterocycles. The lowest BCUT2D eigenvalue weighted by molar-refractivity contribution is 0.585. The molecule has 0 aliphatic heterocycles. The van der Waals surface area contributed by atoms with E-state index in [0.29, 0.717) is 28.6 Å². The number of aromatic nitrogens is 3. The highest BCUT2D eigenvalue weighted by Crippen LogP contribution is 2.28. The normalized spacial score (nSPS) is 10.7. The summed E-state index contributed by atoms with van der Waals surface area (Å²) in [6.07, 6.45) is 1.55. The molecule has 20 heavy (non-hydrogen) atoms. The fraction of sp³-hybridized carbons (Fsp3) is 0.0714. The quantitative estimate of drug-likeness (QED) is 0.774. The highest BCUT2D eigenvalue weighted by Gasteiger charge is 2.14. The van der Waals surface area contributed by atoms with Crippen molar-refractivity contribution in [2.75, 3.05) is 5.73 Å². The van der Waals surface area contributed by atoms with Crippen molar-refractivity contribution in [2.45, 2.75) is 6.92 Å². The first kappa shape index (κ1) is 12.3. The Morgan fingerprint density at radius 2 is 1.85 bits per heavy atom. The van der Waals surface area contributed by atoms with Gasteiger partial charge in [-0.3, -0.25) is 0 Å².